The van der Waals surface area contributed by atoms with Crippen LogP contribution >= 0.6 is 0 Å². The van der Waals surface area contributed by atoms with E-state index in [1.807, 2.05) is 25.1 Å². The second kappa shape index (κ2) is 7.91. The highest BCUT2D eigenvalue weighted by Crippen LogP contribution is 2.33. The zero-order valence-electron chi connectivity index (χ0n) is 17.6. The predicted octanol–water partition coefficient (Wildman–Crippen LogP) is 3.33. The Hall–Kier alpha value is -2.80. The van der Waals surface area contributed by atoms with Gasteiger partial charge >= 0.3 is 0 Å². The number of nitrogen functional groups attached to an aromatic ring is 1. The van der Waals surface area contributed by atoms with Crippen molar-refractivity contribution in [3.05, 3.63) is 46.8 Å². The van der Waals surface area contributed by atoms with Crippen LogP contribution in [0, 0.1) is 13.8 Å². The van der Waals surface area contributed by atoms with E-state index in [-0.39, 0.29) is 0 Å². The molecule has 0 spiro atoms. The number of rotatable bonds is 5. The molecule has 0 bridgehead atoms. The van der Waals surface area contributed by atoms with Crippen LogP contribution in [0.4, 0.5) is 5.82 Å². The van der Waals surface area contributed by atoms with Crippen LogP contribution in [0.1, 0.15) is 41.3 Å². The molecule has 3 heterocycles. The molecule has 29 heavy (non-hydrogen) atoms. The molecule has 1 fully saturated rings. The van der Waals surface area contributed by atoms with Crippen molar-refractivity contribution in [1.82, 2.24) is 19.5 Å². The van der Waals surface area contributed by atoms with Gasteiger partial charge < -0.3 is 15.2 Å². The van der Waals surface area contributed by atoms with Crippen LogP contribution in [-0.2, 0) is 6.54 Å². The van der Waals surface area contributed by atoms with Gasteiger partial charge in [0.2, 0.25) is 0 Å². The first-order valence-corrected chi connectivity index (χ1v) is 10.0. The molecule has 2 N–H and O–H groups in total. The lowest BCUT2D eigenvalue weighted by Crippen LogP contribution is -2.34. The van der Waals surface area contributed by atoms with Crippen molar-refractivity contribution in [2.75, 3.05) is 33.0 Å². The minimum atomic E-state index is 0.367. The van der Waals surface area contributed by atoms with Gasteiger partial charge in [-0.3, -0.25) is 4.90 Å². The van der Waals surface area contributed by atoms with E-state index in [2.05, 4.69) is 23.0 Å². The lowest BCUT2D eigenvalue weighted by molar-refractivity contribution is 0.198. The number of piperidine rings is 1. The fraction of sp³-hybridized carbons (Fsp3) is 0.455. The van der Waals surface area contributed by atoms with Crippen LogP contribution in [0.3, 0.4) is 0 Å². The van der Waals surface area contributed by atoms with Crippen LogP contribution in [0.2, 0.25) is 0 Å². The summed E-state index contributed by atoms with van der Waals surface area (Å²) in [5.41, 5.74) is 11.5. The molecule has 1 aromatic carbocycles. The van der Waals surface area contributed by atoms with Crippen molar-refractivity contribution in [1.29, 1.82) is 0 Å². The first-order chi connectivity index (χ1) is 14.0. The summed E-state index contributed by atoms with van der Waals surface area (Å²) >= 11 is 0. The van der Waals surface area contributed by atoms with Gasteiger partial charge in [-0.05, 0) is 56.5 Å². The minimum Gasteiger partial charge on any atom is -0.493 e. The van der Waals surface area contributed by atoms with E-state index in [1.165, 1.54) is 11.1 Å². The maximum Gasteiger partial charge on any atom is 0.161 e. The summed E-state index contributed by atoms with van der Waals surface area (Å²) in [6.07, 6.45) is 2.26. The topological polar surface area (TPSA) is 77.9 Å². The van der Waals surface area contributed by atoms with E-state index in [9.17, 15) is 0 Å². The van der Waals surface area contributed by atoms with Gasteiger partial charge in [0.15, 0.2) is 17.1 Å². The summed E-state index contributed by atoms with van der Waals surface area (Å²) in [6.45, 7) is 7.00. The van der Waals surface area contributed by atoms with Crippen LogP contribution in [0.15, 0.2) is 24.3 Å². The average molecular weight is 396 g/mol. The Morgan fingerprint density at radius 3 is 2.62 bits per heavy atom. The normalized spacial score (nSPS) is 17.6. The lowest BCUT2D eigenvalue weighted by atomic mass is 9.93. The minimum absolute atomic E-state index is 0.367. The van der Waals surface area contributed by atoms with Crippen LogP contribution in [0.25, 0.3) is 5.65 Å². The molecule has 0 radical (unpaired) electrons. The maximum absolute atomic E-state index is 6.24. The van der Waals surface area contributed by atoms with Crippen molar-refractivity contribution in [2.45, 2.75) is 39.2 Å². The summed E-state index contributed by atoms with van der Waals surface area (Å²) in [4.78, 5) is 7.34. The summed E-state index contributed by atoms with van der Waals surface area (Å²) < 4.78 is 12.6. The highest BCUT2D eigenvalue weighted by molar-refractivity contribution is 5.49. The molecule has 0 unspecified atom stereocenters. The Balaban J connectivity index is 1.55. The molecule has 7 heteroatoms. The predicted molar refractivity (Wildman–Crippen MR) is 114 cm³/mol. The number of anilines is 1. The smallest absolute Gasteiger partial charge is 0.161 e. The van der Waals surface area contributed by atoms with Gasteiger partial charge in [-0.25, -0.2) is 4.98 Å². The Morgan fingerprint density at radius 1 is 1.10 bits per heavy atom. The SMILES string of the molecule is COc1cc(C)c(CN2CCC[C@@H](c3cc(N)n4nc(C)cc4n3)C2)cc1OC. The molecule has 1 saturated heterocycles. The Labute approximate surface area is 171 Å². The Kier molecular flexibility index (Phi) is 5.32. The number of ether oxygens (including phenoxy) is 2. The second-order valence-electron chi connectivity index (χ2n) is 7.87. The molecule has 0 saturated carbocycles. The fourth-order valence-corrected chi connectivity index (χ4v) is 4.22. The van der Waals surface area contributed by atoms with Crippen molar-refractivity contribution >= 4 is 11.5 Å². The van der Waals surface area contributed by atoms with Gasteiger partial charge in [-0.2, -0.15) is 9.61 Å². The number of methoxy groups -OCH3 is 2. The number of nitrogens with two attached hydrogens (primary N) is 1. The largest absolute Gasteiger partial charge is 0.493 e. The summed E-state index contributed by atoms with van der Waals surface area (Å²) in [5, 5.41) is 4.41. The number of aromatic nitrogens is 3. The maximum atomic E-state index is 6.24. The number of aryl methyl sites for hydroxylation is 2. The number of benzene rings is 1. The highest BCUT2D eigenvalue weighted by Gasteiger charge is 2.24. The number of hydrogen-bond acceptors (Lipinski definition) is 6. The van der Waals surface area contributed by atoms with Crippen LogP contribution in [0.5, 0.6) is 11.5 Å². The fourth-order valence-electron chi connectivity index (χ4n) is 4.22. The van der Waals surface area contributed by atoms with E-state index >= 15 is 0 Å². The van der Waals surface area contributed by atoms with Gasteiger partial charge in [-0.15, -0.1) is 0 Å². The average Bonchev–Trinajstić information content (AvgIpc) is 3.10. The molecule has 1 aliphatic heterocycles. The molecular weight excluding hydrogens is 366 g/mol. The molecule has 0 amide bonds. The molecule has 1 atom stereocenters. The van der Waals surface area contributed by atoms with Gasteiger partial charge in [0.1, 0.15) is 5.82 Å². The molecule has 2 aromatic heterocycles. The Morgan fingerprint density at radius 2 is 1.86 bits per heavy atom. The summed E-state index contributed by atoms with van der Waals surface area (Å²) in [6, 6.07) is 8.10. The zero-order chi connectivity index (χ0) is 20.5. The van der Waals surface area contributed by atoms with Crippen molar-refractivity contribution in [2.24, 2.45) is 0 Å². The molecule has 4 rings (SSSR count). The zero-order valence-corrected chi connectivity index (χ0v) is 17.6. The van der Waals surface area contributed by atoms with E-state index in [0.717, 1.165) is 61.0 Å². The molecule has 154 valence electrons. The molecule has 3 aromatic rings. The third-order valence-corrected chi connectivity index (χ3v) is 5.76. The lowest BCUT2D eigenvalue weighted by Gasteiger charge is -2.33. The van der Waals surface area contributed by atoms with Crippen LogP contribution < -0.4 is 15.2 Å². The number of fused-ring (bicyclic) bond motifs is 1. The number of likely N-dealkylation sites (tertiary alicyclic amines) is 1. The molecule has 1 aliphatic rings. The number of nitrogens with zero attached hydrogens (tertiary/aromatic N) is 4. The van der Waals surface area contributed by atoms with Gasteiger partial charge in [-0.1, -0.05) is 0 Å². The van der Waals surface area contributed by atoms with E-state index in [1.54, 1.807) is 18.7 Å². The highest BCUT2D eigenvalue weighted by atomic mass is 16.5. The summed E-state index contributed by atoms with van der Waals surface area (Å²) in [7, 11) is 3.35. The van der Waals surface area contributed by atoms with Gasteiger partial charge in [0.05, 0.1) is 25.6 Å². The van der Waals surface area contributed by atoms with Crippen molar-refractivity contribution in [3.8, 4) is 11.5 Å². The van der Waals surface area contributed by atoms with E-state index in [4.69, 9.17) is 20.2 Å². The summed E-state index contributed by atoms with van der Waals surface area (Å²) in [5.74, 6) is 2.56. The third-order valence-electron chi connectivity index (χ3n) is 5.76. The van der Waals surface area contributed by atoms with Crippen molar-refractivity contribution in [3.63, 3.8) is 0 Å². The monoisotopic (exact) mass is 395 g/mol. The van der Waals surface area contributed by atoms with E-state index < -0.39 is 0 Å². The standard InChI is InChI=1S/C22H29N5O2/c1-14-8-19(28-3)20(29-4)10-17(14)13-26-7-5-6-16(12-26)18-11-21(23)27-22(24-18)9-15(2)25-27/h8-11,16H,5-7,12-13,23H2,1-4H3/t16-/m1/s1. The first-order valence-electron chi connectivity index (χ1n) is 10.0. The quantitative estimate of drug-likeness (QED) is 0.714. The van der Waals surface area contributed by atoms with E-state index in [0.29, 0.717) is 11.7 Å². The second-order valence-corrected chi connectivity index (χ2v) is 7.87. The van der Waals surface area contributed by atoms with Gasteiger partial charge in [0.25, 0.3) is 0 Å². The Bertz CT molecular complexity index is 1030. The molecular formula is C22H29N5O2. The molecule has 0 aliphatic carbocycles. The van der Waals surface area contributed by atoms with Gasteiger partial charge in [0, 0.05) is 31.1 Å². The third kappa shape index (κ3) is 3.87. The van der Waals surface area contributed by atoms with Crippen LogP contribution in [-0.4, -0.2) is 46.8 Å². The van der Waals surface area contributed by atoms with Crippen molar-refractivity contribution < 1.29 is 9.47 Å². The first kappa shape index (κ1) is 19.5. The molecule has 7 nitrogen and oxygen atoms in total. The number of hydrogen-bond donors (Lipinski definition) is 1.